The van der Waals surface area contributed by atoms with Gasteiger partial charge in [0, 0.05) is 6.04 Å². The van der Waals surface area contributed by atoms with Gasteiger partial charge in [-0.15, -0.1) is 0 Å². The fourth-order valence-electron chi connectivity index (χ4n) is 2.86. The van der Waals surface area contributed by atoms with Crippen LogP contribution in [-0.2, 0) is 14.8 Å². The van der Waals surface area contributed by atoms with Gasteiger partial charge in [-0.05, 0) is 37.8 Å². The van der Waals surface area contributed by atoms with Crippen molar-refractivity contribution in [1.82, 2.24) is 5.32 Å². The molecule has 0 saturated heterocycles. The second-order valence-corrected chi connectivity index (χ2v) is 7.83. The Kier molecular flexibility index (Phi) is 5.82. The first-order valence-corrected chi connectivity index (χ1v) is 9.61. The maximum absolute atomic E-state index is 12.4. The van der Waals surface area contributed by atoms with Crippen LogP contribution in [0.1, 0.15) is 43.0 Å². The predicted octanol–water partition coefficient (Wildman–Crippen LogP) is 1.82. The van der Waals surface area contributed by atoms with Gasteiger partial charge < -0.3 is 10.4 Å². The van der Waals surface area contributed by atoms with Crippen LogP contribution in [0, 0.1) is 5.92 Å². The third kappa shape index (κ3) is 4.70. The molecule has 0 heterocycles. The Balaban J connectivity index is 2.09. The number of rotatable bonds is 7. The fourth-order valence-corrected chi connectivity index (χ4v) is 4.01. The Morgan fingerprint density at radius 3 is 2.58 bits per heavy atom. The van der Waals surface area contributed by atoms with Gasteiger partial charge in [0.15, 0.2) is 0 Å². The summed E-state index contributed by atoms with van der Waals surface area (Å²) < 4.78 is 26.3. The molecule has 1 aliphatic rings. The highest BCUT2D eigenvalue weighted by molar-refractivity contribution is 7.92. The lowest BCUT2D eigenvalue weighted by Crippen LogP contribution is -2.34. The molecule has 1 aromatic rings. The first-order valence-electron chi connectivity index (χ1n) is 7.95. The van der Waals surface area contributed by atoms with Gasteiger partial charge in [-0.3, -0.25) is 14.3 Å². The van der Waals surface area contributed by atoms with Crippen molar-refractivity contribution >= 4 is 27.6 Å². The average Bonchev–Trinajstić information content (AvgIpc) is 2.96. The van der Waals surface area contributed by atoms with Crippen LogP contribution in [0.25, 0.3) is 0 Å². The van der Waals surface area contributed by atoms with Crippen LogP contribution < -0.4 is 10.0 Å². The molecule has 2 atom stereocenters. The number of carboxylic acid groups (broad SMARTS) is 1. The van der Waals surface area contributed by atoms with Gasteiger partial charge in [-0.1, -0.05) is 19.1 Å². The molecule has 0 aliphatic heterocycles. The number of amides is 1. The van der Waals surface area contributed by atoms with Crippen molar-refractivity contribution in [1.29, 1.82) is 0 Å². The predicted molar refractivity (Wildman–Crippen MR) is 90.4 cm³/mol. The van der Waals surface area contributed by atoms with Gasteiger partial charge in [-0.2, -0.15) is 0 Å². The number of benzene rings is 1. The molecule has 132 valence electrons. The molecule has 8 heteroatoms. The lowest BCUT2D eigenvalue weighted by Gasteiger charge is -2.15. The Morgan fingerprint density at radius 1 is 1.25 bits per heavy atom. The van der Waals surface area contributed by atoms with Crippen molar-refractivity contribution in [2.75, 3.05) is 10.5 Å². The highest BCUT2D eigenvalue weighted by atomic mass is 32.2. The van der Waals surface area contributed by atoms with Crippen molar-refractivity contribution in [3.8, 4) is 0 Å². The number of sulfonamides is 1. The number of carbonyl (C=O) groups is 2. The molecular weight excluding hydrogens is 332 g/mol. The number of para-hydroxylation sites is 1. The van der Waals surface area contributed by atoms with Crippen LogP contribution >= 0.6 is 0 Å². The maximum Gasteiger partial charge on any atom is 0.306 e. The molecule has 7 nitrogen and oxygen atoms in total. The quantitative estimate of drug-likeness (QED) is 0.691. The van der Waals surface area contributed by atoms with E-state index in [9.17, 15) is 18.0 Å². The summed E-state index contributed by atoms with van der Waals surface area (Å²) in [6, 6.07) is 6.18. The van der Waals surface area contributed by atoms with Gasteiger partial charge in [0.2, 0.25) is 10.0 Å². The van der Waals surface area contributed by atoms with E-state index in [1.807, 2.05) is 0 Å². The third-order valence-electron chi connectivity index (χ3n) is 4.03. The summed E-state index contributed by atoms with van der Waals surface area (Å²) in [4.78, 5) is 23.4. The molecule has 2 rings (SSSR count). The summed E-state index contributed by atoms with van der Waals surface area (Å²) in [5.74, 6) is -1.71. The molecule has 1 aromatic carbocycles. The Morgan fingerprint density at radius 2 is 1.96 bits per heavy atom. The minimum absolute atomic E-state index is 0.0220. The number of carboxylic acids is 1. The smallest absolute Gasteiger partial charge is 0.306 e. The topological polar surface area (TPSA) is 113 Å². The van der Waals surface area contributed by atoms with Crippen LogP contribution in [0.2, 0.25) is 0 Å². The van der Waals surface area contributed by atoms with E-state index in [-0.39, 0.29) is 23.0 Å². The Bertz CT molecular complexity index is 717. The van der Waals surface area contributed by atoms with E-state index in [1.165, 1.54) is 6.07 Å². The van der Waals surface area contributed by atoms with Gasteiger partial charge in [0.1, 0.15) is 0 Å². The Hall–Kier alpha value is -2.09. The largest absolute Gasteiger partial charge is 0.481 e. The summed E-state index contributed by atoms with van der Waals surface area (Å²) >= 11 is 0. The Labute approximate surface area is 141 Å². The second-order valence-electron chi connectivity index (χ2n) is 5.99. The molecule has 1 saturated carbocycles. The SMILES string of the molecule is CCCS(=O)(=O)Nc1ccccc1C(=O)N[C@H]1CC[C@@H](C(=O)O)C1. The van der Waals surface area contributed by atoms with Crippen LogP contribution in [-0.4, -0.2) is 37.2 Å². The normalized spacial score (nSPS) is 20.5. The maximum atomic E-state index is 12.4. The van der Waals surface area contributed by atoms with Gasteiger partial charge in [0.05, 0.1) is 22.9 Å². The number of hydrogen-bond donors (Lipinski definition) is 3. The van der Waals surface area contributed by atoms with Crippen molar-refractivity contribution < 1.29 is 23.1 Å². The zero-order valence-electron chi connectivity index (χ0n) is 13.5. The van der Waals surface area contributed by atoms with Crippen molar-refractivity contribution in [2.45, 2.75) is 38.6 Å². The van der Waals surface area contributed by atoms with Gasteiger partial charge in [0.25, 0.3) is 5.91 Å². The minimum Gasteiger partial charge on any atom is -0.481 e. The average molecular weight is 354 g/mol. The zero-order valence-corrected chi connectivity index (χ0v) is 14.3. The highest BCUT2D eigenvalue weighted by Gasteiger charge is 2.31. The molecular formula is C16H22N2O5S. The summed E-state index contributed by atoms with van der Waals surface area (Å²) in [7, 11) is -3.50. The lowest BCUT2D eigenvalue weighted by atomic mass is 10.1. The van der Waals surface area contributed by atoms with Crippen LogP contribution in [0.15, 0.2) is 24.3 Å². The molecule has 1 fully saturated rings. The number of nitrogens with one attached hydrogen (secondary N) is 2. The standard InChI is InChI=1S/C16H22N2O5S/c1-2-9-24(22,23)18-14-6-4-3-5-13(14)15(19)17-12-8-7-11(10-12)16(20)21/h3-6,11-12,18H,2,7-10H2,1H3,(H,17,19)(H,20,21)/t11-,12+/m1/s1. The second kappa shape index (κ2) is 7.65. The van der Waals surface area contributed by atoms with Crippen LogP contribution in [0.5, 0.6) is 0 Å². The number of aliphatic carboxylic acids is 1. The lowest BCUT2D eigenvalue weighted by molar-refractivity contribution is -0.141. The van der Waals surface area contributed by atoms with Crippen molar-refractivity contribution in [3.63, 3.8) is 0 Å². The van der Waals surface area contributed by atoms with E-state index >= 15 is 0 Å². The molecule has 0 aromatic heterocycles. The van der Waals surface area contributed by atoms with E-state index in [4.69, 9.17) is 5.11 Å². The van der Waals surface area contributed by atoms with E-state index in [2.05, 4.69) is 10.0 Å². The molecule has 0 bridgehead atoms. The van der Waals surface area contributed by atoms with Crippen LogP contribution in [0.4, 0.5) is 5.69 Å². The molecule has 0 spiro atoms. The molecule has 3 N–H and O–H groups in total. The number of hydrogen-bond acceptors (Lipinski definition) is 4. The fraction of sp³-hybridized carbons (Fsp3) is 0.500. The van der Waals surface area contributed by atoms with Crippen molar-refractivity contribution in [3.05, 3.63) is 29.8 Å². The number of anilines is 1. The van der Waals surface area contributed by atoms with Crippen LogP contribution in [0.3, 0.4) is 0 Å². The summed E-state index contributed by atoms with van der Waals surface area (Å²) in [5, 5.41) is 11.8. The minimum atomic E-state index is -3.50. The highest BCUT2D eigenvalue weighted by Crippen LogP contribution is 2.26. The first-order chi connectivity index (χ1) is 11.3. The summed E-state index contributed by atoms with van der Waals surface area (Å²) in [6.07, 6.45) is 2.00. The monoisotopic (exact) mass is 354 g/mol. The zero-order chi connectivity index (χ0) is 17.7. The van der Waals surface area contributed by atoms with Crippen molar-refractivity contribution in [2.24, 2.45) is 5.92 Å². The third-order valence-corrected chi connectivity index (χ3v) is 5.50. The van der Waals surface area contributed by atoms with E-state index in [0.29, 0.717) is 25.7 Å². The molecule has 0 unspecified atom stereocenters. The summed E-state index contributed by atoms with van der Waals surface area (Å²) in [6.45, 7) is 1.76. The first kappa shape index (κ1) is 18.3. The van der Waals surface area contributed by atoms with Gasteiger partial charge in [-0.25, -0.2) is 8.42 Å². The number of carbonyl (C=O) groups excluding carboxylic acids is 1. The van der Waals surface area contributed by atoms with E-state index < -0.39 is 27.8 Å². The molecule has 24 heavy (non-hydrogen) atoms. The van der Waals surface area contributed by atoms with E-state index in [1.54, 1.807) is 25.1 Å². The van der Waals surface area contributed by atoms with E-state index in [0.717, 1.165) is 0 Å². The molecule has 1 amide bonds. The van der Waals surface area contributed by atoms with Gasteiger partial charge >= 0.3 is 5.97 Å². The molecule has 1 aliphatic carbocycles. The summed E-state index contributed by atoms with van der Waals surface area (Å²) in [5.41, 5.74) is 0.465. The molecule has 0 radical (unpaired) electrons.